The van der Waals surface area contributed by atoms with Crippen LogP contribution in [0.25, 0.3) is 5.69 Å². The van der Waals surface area contributed by atoms with Gasteiger partial charge in [0.05, 0.1) is 16.8 Å². The molecule has 1 saturated carbocycles. The number of hydrogen-bond donors (Lipinski definition) is 1. The van der Waals surface area contributed by atoms with Gasteiger partial charge in [0, 0.05) is 23.3 Å². The molecule has 3 aromatic rings. The van der Waals surface area contributed by atoms with Gasteiger partial charge in [0.15, 0.2) is 14.6 Å². The largest absolute Gasteiger partial charge is 0.351 e. The number of carbonyl (C=O) groups excluding carboxylic acids is 1. The number of benzene rings is 2. The number of nitrogens with one attached hydrogen (secondary N) is 1. The number of carbonyl (C=O) groups is 1. The molecule has 156 valence electrons. The van der Waals surface area contributed by atoms with Crippen molar-refractivity contribution in [2.75, 3.05) is 0 Å². The van der Waals surface area contributed by atoms with Crippen LogP contribution in [-0.2, 0) is 21.2 Å². The summed E-state index contributed by atoms with van der Waals surface area (Å²) < 4.78 is 27.0. The predicted molar refractivity (Wildman–Crippen MR) is 115 cm³/mol. The molecule has 0 unspecified atom stereocenters. The van der Waals surface area contributed by atoms with E-state index >= 15 is 0 Å². The van der Waals surface area contributed by atoms with Crippen LogP contribution in [0.3, 0.4) is 0 Å². The predicted octanol–water partition coefficient (Wildman–Crippen LogP) is 3.93. The van der Waals surface area contributed by atoms with Gasteiger partial charge in [-0.15, -0.1) is 0 Å². The quantitative estimate of drug-likeness (QED) is 0.625. The van der Waals surface area contributed by atoms with E-state index in [2.05, 4.69) is 10.4 Å². The third kappa shape index (κ3) is 3.75. The lowest BCUT2D eigenvalue weighted by Gasteiger charge is -2.27. The van der Waals surface area contributed by atoms with Crippen molar-refractivity contribution in [3.8, 4) is 5.69 Å². The summed E-state index contributed by atoms with van der Waals surface area (Å²) in [5.41, 5.74) is 1.71. The van der Waals surface area contributed by atoms with Gasteiger partial charge < -0.3 is 5.32 Å². The fourth-order valence-electron chi connectivity index (χ4n) is 3.92. The smallest absolute Gasteiger partial charge is 0.242 e. The minimum atomic E-state index is -3.85. The molecular formula is C22H22ClN3O3S. The Morgan fingerprint density at radius 2 is 1.73 bits per heavy atom. The van der Waals surface area contributed by atoms with Gasteiger partial charge in [-0.2, -0.15) is 5.10 Å². The summed E-state index contributed by atoms with van der Waals surface area (Å²) in [4.78, 5) is 13.3. The van der Waals surface area contributed by atoms with Gasteiger partial charge in [0.1, 0.15) is 0 Å². The zero-order valence-corrected chi connectivity index (χ0v) is 17.9. The Hall–Kier alpha value is -2.64. The highest BCUT2D eigenvalue weighted by Gasteiger charge is 2.52. The molecular weight excluding hydrogens is 422 g/mol. The first-order valence-electron chi connectivity index (χ1n) is 9.80. The van der Waals surface area contributed by atoms with E-state index in [4.69, 9.17) is 11.6 Å². The maximum atomic E-state index is 13.4. The fraction of sp³-hybridized carbons (Fsp3) is 0.273. The second-order valence-electron chi connectivity index (χ2n) is 7.47. The van der Waals surface area contributed by atoms with Crippen molar-refractivity contribution < 1.29 is 13.2 Å². The number of rotatable bonds is 6. The van der Waals surface area contributed by atoms with Crippen LogP contribution in [0.15, 0.2) is 71.9 Å². The molecule has 0 atom stereocenters. The summed E-state index contributed by atoms with van der Waals surface area (Å²) in [6.07, 6.45) is 5.52. The minimum Gasteiger partial charge on any atom is -0.351 e. The Balaban J connectivity index is 1.53. The topological polar surface area (TPSA) is 81.1 Å². The molecule has 1 amide bonds. The van der Waals surface area contributed by atoms with E-state index in [1.807, 2.05) is 36.5 Å². The molecule has 1 fully saturated rings. The van der Waals surface area contributed by atoms with Crippen LogP contribution in [0, 0.1) is 0 Å². The molecule has 1 aliphatic carbocycles. The number of para-hydroxylation sites is 1. The van der Waals surface area contributed by atoms with E-state index in [0.29, 0.717) is 30.7 Å². The first-order chi connectivity index (χ1) is 14.4. The number of aromatic nitrogens is 2. The van der Waals surface area contributed by atoms with Crippen molar-refractivity contribution in [2.45, 2.75) is 41.9 Å². The average molecular weight is 444 g/mol. The third-order valence-corrected chi connectivity index (χ3v) is 8.34. The zero-order valence-electron chi connectivity index (χ0n) is 16.3. The standard InChI is InChI=1S/C22H22ClN3O3S/c23-18-8-10-20(11-9-18)30(28,29)22(12-4-5-13-22)21(27)24-14-17-15-25-26(16-17)19-6-2-1-3-7-19/h1-3,6-11,15-16H,4-5,12-14H2,(H,24,27). The highest BCUT2D eigenvalue weighted by molar-refractivity contribution is 7.93. The van der Waals surface area contributed by atoms with Crippen LogP contribution in [0.5, 0.6) is 0 Å². The number of nitrogens with zero attached hydrogens (tertiary/aromatic N) is 2. The summed E-state index contributed by atoms with van der Waals surface area (Å²) in [7, 11) is -3.85. The molecule has 0 bridgehead atoms. The first kappa shape index (κ1) is 20.6. The van der Waals surface area contributed by atoms with Gasteiger partial charge in [0.25, 0.3) is 0 Å². The lowest BCUT2D eigenvalue weighted by molar-refractivity contribution is -0.123. The molecule has 1 aliphatic rings. The van der Waals surface area contributed by atoms with Crippen LogP contribution in [-0.4, -0.2) is 28.9 Å². The van der Waals surface area contributed by atoms with Gasteiger partial charge in [-0.1, -0.05) is 42.6 Å². The molecule has 30 heavy (non-hydrogen) atoms. The molecule has 1 aromatic heterocycles. The van der Waals surface area contributed by atoms with E-state index in [0.717, 1.165) is 11.3 Å². The summed E-state index contributed by atoms with van der Waals surface area (Å²) in [5.74, 6) is -0.456. The molecule has 1 N–H and O–H groups in total. The molecule has 0 aliphatic heterocycles. The Labute approximate surface area is 180 Å². The maximum absolute atomic E-state index is 13.4. The SMILES string of the molecule is O=C(NCc1cnn(-c2ccccc2)c1)C1(S(=O)(=O)c2ccc(Cl)cc2)CCCC1. The summed E-state index contributed by atoms with van der Waals surface area (Å²) in [5, 5.41) is 7.61. The lowest BCUT2D eigenvalue weighted by atomic mass is 10.1. The molecule has 6 nitrogen and oxygen atoms in total. The summed E-state index contributed by atoms with van der Waals surface area (Å²) >= 11 is 5.90. The monoisotopic (exact) mass is 443 g/mol. The lowest BCUT2D eigenvalue weighted by Crippen LogP contribution is -2.50. The second-order valence-corrected chi connectivity index (χ2v) is 10.2. The fourth-order valence-corrected chi connectivity index (χ4v) is 6.13. The maximum Gasteiger partial charge on any atom is 0.242 e. The summed E-state index contributed by atoms with van der Waals surface area (Å²) in [6.45, 7) is 0.212. The van der Waals surface area contributed by atoms with Crippen molar-refractivity contribution in [3.63, 3.8) is 0 Å². The molecule has 0 spiro atoms. The van der Waals surface area contributed by atoms with Gasteiger partial charge in [-0.25, -0.2) is 13.1 Å². The number of amides is 1. The van der Waals surface area contributed by atoms with E-state index in [-0.39, 0.29) is 11.4 Å². The van der Waals surface area contributed by atoms with E-state index < -0.39 is 20.5 Å². The van der Waals surface area contributed by atoms with Crippen molar-refractivity contribution in [1.29, 1.82) is 0 Å². The van der Waals surface area contributed by atoms with E-state index in [1.54, 1.807) is 10.9 Å². The van der Waals surface area contributed by atoms with Gasteiger partial charge in [-0.05, 0) is 49.2 Å². The van der Waals surface area contributed by atoms with Gasteiger partial charge >= 0.3 is 0 Å². The van der Waals surface area contributed by atoms with Crippen molar-refractivity contribution >= 4 is 27.3 Å². The Morgan fingerprint density at radius 3 is 2.40 bits per heavy atom. The van der Waals surface area contributed by atoms with E-state index in [1.165, 1.54) is 24.3 Å². The molecule has 4 rings (SSSR count). The van der Waals surface area contributed by atoms with Crippen LogP contribution in [0.2, 0.25) is 5.02 Å². The van der Waals surface area contributed by atoms with Crippen LogP contribution < -0.4 is 5.32 Å². The van der Waals surface area contributed by atoms with Crippen molar-refractivity contribution in [3.05, 3.63) is 77.6 Å². The number of hydrogen-bond acceptors (Lipinski definition) is 4. The Morgan fingerprint density at radius 1 is 1.07 bits per heavy atom. The van der Waals surface area contributed by atoms with Gasteiger partial charge in [0.2, 0.25) is 5.91 Å². The minimum absolute atomic E-state index is 0.126. The van der Waals surface area contributed by atoms with Crippen molar-refractivity contribution in [2.24, 2.45) is 0 Å². The molecule has 1 heterocycles. The van der Waals surface area contributed by atoms with Crippen LogP contribution in [0.1, 0.15) is 31.2 Å². The van der Waals surface area contributed by atoms with Crippen LogP contribution in [0.4, 0.5) is 0 Å². The zero-order chi connectivity index (χ0) is 21.2. The molecule has 8 heteroatoms. The average Bonchev–Trinajstić information content (AvgIpc) is 3.44. The molecule has 2 aromatic carbocycles. The second kappa shape index (κ2) is 8.24. The molecule has 0 saturated heterocycles. The number of sulfone groups is 1. The Kier molecular flexibility index (Phi) is 5.66. The highest BCUT2D eigenvalue weighted by atomic mass is 35.5. The third-order valence-electron chi connectivity index (χ3n) is 5.57. The normalized spacial score (nSPS) is 15.8. The number of halogens is 1. The summed E-state index contributed by atoms with van der Waals surface area (Å²) in [6, 6.07) is 15.6. The first-order valence-corrected chi connectivity index (χ1v) is 11.7. The van der Waals surface area contributed by atoms with Gasteiger partial charge in [-0.3, -0.25) is 4.79 Å². The highest BCUT2D eigenvalue weighted by Crippen LogP contribution is 2.41. The van der Waals surface area contributed by atoms with Crippen molar-refractivity contribution in [1.82, 2.24) is 15.1 Å². The van der Waals surface area contributed by atoms with E-state index in [9.17, 15) is 13.2 Å². The van der Waals surface area contributed by atoms with Crippen LogP contribution >= 0.6 is 11.6 Å². The Bertz CT molecular complexity index is 1140. The molecule has 0 radical (unpaired) electrons.